The van der Waals surface area contributed by atoms with Crippen molar-refractivity contribution >= 4 is 11.6 Å². The lowest BCUT2D eigenvalue weighted by molar-refractivity contribution is -0.131. The standard InChI is InChI=1S/C12H14O3/c1-11-8-6(2-3-7(8)13)9(15-11)10(14)12(11)4-5-12/h6,8-9H,2-5H2,1H3/t6-,8-,9-,11+/m0/s1. The molecule has 1 spiro atoms. The Bertz CT molecular complexity index is 396. The quantitative estimate of drug-likeness (QED) is 0.596. The summed E-state index contributed by atoms with van der Waals surface area (Å²) < 4.78 is 5.92. The first kappa shape index (κ1) is 8.45. The Morgan fingerprint density at radius 2 is 2.07 bits per heavy atom. The fraction of sp³-hybridized carbons (Fsp3) is 0.833. The third-order valence-electron chi connectivity index (χ3n) is 5.28. The van der Waals surface area contributed by atoms with Crippen LogP contribution in [0.25, 0.3) is 0 Å². The maximum absolute atomic E-state index is 12.2. The number of ether oxygens (including phenoxy) is 1. The molecule has 2 aliphatic heterocycles. The van der Waals surface area contributed by atoms with Crippen molar-refractivity contribution in [3.05, 3.63) is 0 Å². The Morgan fingerprint density at radius 1 is 1.33 bits per heavy atom. The van der Waals surface area contributed by atoms with Gasteiger partial charge in [0.15, 0.2) is 5.78 Å². The van der Waals surface area contributed by atoms with Crippen molar-refractivity contribution < 1.29 is 14.3 Å². The van der Waals surface area contributed by atoms with Crippen LogP contribution in [-0.4, -0.2) is 23.3 Å². The average molecular weight is 206 g/mol. The molecule has 0 N–H and O–H groups in total. The number of Topliss-reactive ketones (excluding diaryl/α,β-unsaturated/α-hetero) is 2. The van der Waals surface area contributed by atoms with E-state index in [2.05, 4.69) is 0 Å². The summed E-state index contributed by atoms with van der Waals surface area (Å²) in [5.41, 5.74) is -0.689. The summed E-state index contributed by atoms with van der Waals surface area (Å²) >= 11 is 0. The highest BCUT2D eigenvalue weighted by molar-refractivity contribution is 6.00. The molecule has 4 atom stereocenters. The molecule has 4 fully saturated rings. The summed E-state index contributed by atoms with van der Waals surface area (Å²) in [7, 11) is 0. The van der Waals surface area contributed by atoms with Crippen LogP contribution in [0.2, 0.25) is 0 Å². The predicted octanol–water partition coefficient (Wildman–Crippen LogP) is 1.10. The van der Waals surface area contributed by atoms with Crippen LogP contribution >= 0.6 is 0 Å². The first-order valence-electron chi connectivity index (χ1n) is 5.85. The lowest BCUT2D eigenvalue weighted by Crippen LogP contribution is -2.49. The monoisotopic (exact) mass is 206 g/mol. The third kappa shape index (κ3) is 0.645. The molecular weight excluding hydrogens is 192 g/mol. The number of rotatable bonds is 0. The molecule has 15 heavy (non-hydrogen) atoms. The Balaban J connectivity index is 1.90. The minimum Gasteiger partial charge on any atom is -0.362 e. The van der Waals surface area contributed by atoms with E-state index in [1.807, 2.05) is 6.92 Å². The number of fused-ring (bicyclic) bond motifs is 6. The average Bonchev–Trinajstić information content (AvgIpc) is 2.78. The van der Waals surface area contributed by atoms with E-state index in [1.165, 1.54) is 0 Å². The van der Waals surface area contributed by atoms with E-state index in [4.69, 9.17) is 4.74 Å². The van der Waals surface area contributed by atoms with Gasteiger partial charge in [-0.1, -0.05) is 0 Å². The van der Waals surface area contributed by atoms with Crippen molar-refractivity contribution in [2.75, 3.05) is 0 Å². The summed E-state index contributed by atoms with van der Waals surface area (Å²) in [4.78, 5) is 24.1. The van der Waals surface area contributed by atoms with Crippen molar-refractivity contribution in [1.82, 2.24) is 0 Å². The number of ketones is 2. The summed E-state index contributed by atoms with van der Waals surface area (Å²) in [6.07, 6.45) is 3.17. The van der Waals surface area contributed by atoms with E-state index < -0.39 is 5.60 Å². The zero-order chi connectivity index (χ0) is 10.4. The Hall–Kier alpha value is -0.700. The van der Waals surface area contributed by atoms with Gasteiger partial charge in [-0.15, -0.1) is 0 Å². The normalized spacial score (nSPS) is 54.1. The second kappa shape index (κ2) is 2.05. The summed E-state index contributed by atoms with van der Waals surface area (Å²) in [5, 5.41) is 0. The molecule has 0 amide bonds. The highest BCUT2D eigenvalue weighted by atomic mass is 16.5. The number of carbonyl (C=O) groups excluding carboxylic acids is 2. The lowest BCUT2D eigenvalue weighted by atomic mass is 9.65. The lowest BCUT2D eigenvalue weighted by Gasteiger charge is -2.34. The highest BCUT2D eigenvalue weighted by Crippen LogP contribution is 2.71. The molecule has 0 radical (unpaired) electrons. The third-order valence-corrected chi connectivity index (χ3v) is 5.28. The zero-order valence-electron chi connectivity index (χ0n) is 8.79. The van der Waals surface area contributed by atoms with E-state index in [1.54, 1.807) is 0 Å². The Labute approximate surface area is 88.2 Å². The predicted molar refractivity (Wildman–Crippen MR) is 51.2 cm³/mol. The van der Waals surface area contributed by atoms with Gasteiger partial charge in [0.25, 0.3) is 0 Å². The molecule has 4 aliphatic rings. The van der Waals surface area contributed by atoms with Gasteiger partial charge >= 0.3 is 0 Å². The van der Waals surface area contributed by atoms with E-state index in [-0.39, 0.29) is 23.4 Å². The van der Waals surface area contributed by atoms with Crippen molar-refractivity contribution in [3.8, 4) is 0 Å². The van der Waals surface area contributed by atoms with Gasteiger partial charge < -0.3 is 4.74 Å². The minimum atomic E-state index is -0.437. The number of hydrogen-bond donors (Lipinski definition) is 0. The molecule has 2 aliphatic carbocycles. The van der Waals surface area contributed by atoms with Crippen LogP contribution in [0.1, 0.15) is 32.6 Å². The first-order valence-corrected chi connectivity index (χ1v) is 5.85. The summed E-state index contributed by atoms with van der Waals surface area (Å²) in [6, 6.07) is 0. The van der Waals surface area contributed by atoms with Gasteiger partial charge in [0.05, 0.1) is 16.9 Å². The smallest absolute Gasteiger partial charge is 0.170 e. The molecule has 0 aromatic heterocycles. The molecule has 3 heteroatoms. The van der Waals surface area contributed by atoms with Gasteiger partial charge in [0.2, 0.25) is 0 Å². The van der Waals surface area contributed by atoms with Gasteiger partial charge in [-0.25, -0.2) is 0 Å². The molecule has 0 aromatic carbocycles. The molecule has 0 aromatic rings. The van der Waals surface area contributed by atoms with Crippen molar-refractivity contribution in [1.29, 1.82) is 0 Å². The van der Waals surface area contributed by atoms with Crippen LogP contribution in [0.3, 0.4) is 0 Å². The van der Waals surface area contributed by atoms with Crippen molar-refractivity contribution in [3.63, 3.8) is 0 Å². The van der Waals surface area contributed by atoms with Gasteiger partial charge in [-0.3, -0.25) is 9.59 Å². The molecule has 2 heterocycles. The summed E-state index contributed by atoms with van der Waals surface area (Å²) in [6.45, 7) is 2.01. The van der Waals surface area contributed by atoms with Crippen LogP contribution < -0.4 is 0 Å². The fourth-order valence-electron chi connectivity index (χ4n) is 4.38. The molecule has 0 unspecified atom stereocenters. The Morgan fingerprint density at radius 3 is 2.73 bits per heavy atom. The van der Waals surface area contributed by atoms with Gasteiger partial charge in [-0.05, 0) is 26.2 Å². The zero-order valence-corrected chi connectivity index (χ0v) is 8.79. The topological polar surface area (TPSA) is 43.4 Å². The molecular formula is C12H14O3. The largest absolute Gasteiger partial charge is 0.362 e. The molecule has 2 bridgehead atoms. The van der Waals surface area contributed by atoms with E-state index >= 15 is 0 Å². The molecule has 4 rings (SSSR count). The van der Waals surface area contributed by atoms with Crippen LogP contribution in [0.4, 0.5) is 0 Å². The van der Waals surface area contributed by atoms with E-state index in [0.717, 1.165) is 19.3 Å². The van der Waals surface area contributed by atoms with Crippen LogP contribution in [-0.2, 0) is 14.3 Å². The second-order valence-corrected chi connectivity index (χ2v) is 5.74. The van der Waals surface area contributed by atoms with E-state index in [9.17, 15) is 9.59 Å². The van der Waals surface area contributed by atoms with Crippen LogP contribution in [0, 0.1) is 17.3 Å². The molecule has 3 nitrogen and oxygen atoms in total. The second-order valence-electron chi connectivity index (χ2n) is 5.74. The SMILES string of the molecule is C[C@]12O[C@H](C(=O)C13CC3)[C@H]1CCC(=O)[C@H]12. The molecule has 2 saturated carbocycles. The van der Waals surface area contributed by atoms with Gasteiger partial charge in [0.1, 0.15) is 11.9 Å². The van der Waals surface area contributed by atoms with Crippen molar-refractivity contribution in [2.45, 2.75) is 44.3 Å². The summed E-state index contributed by atoms with van der Waals surface area (Å²) in [5.74, 6) is 0.883. The van der Waals surface area contributed by atoms with Crippen LogP contribution in [0.15, 0.2) is 0 Å². The fourth-order valence-corrected chi connectivity index (χ4v) is 4.38. The molecule has 2 saturated heterocycles. The van der Waals surface area contributed by atoms with E-state index in [0.29, 0.717) is 18.0 Å². The maximum Gasteiger partial charge on any atom is 0.170 e. The highest BCUT2D eigenvalue weighted by Gasteiger charge is 2.80. The number of hydrogen-bond acceptors (Lipinski definition) is 3. The first-order chi connectivity index (χ1) is 7.10. The number of carbonyl (C=O) groups is 2. The molecule has 80 valence electrons. The minimum absolute atomic E-state index is 0.0303. The van der Waals surface area contributed by atoms with Crippen LogP contribution in [0.5, 0.6) is 0 Å². The Kier molecular flexibility index (Phi) is 1.16. The van der Waals surface area contributed by atoms with Gasteiger partial charge in [-0.2, -0.15) is 0 Å². The van der Waals surface area contributed by atoms with Gasteiger partial charge in [0, 0.05) is 12.3 Å². The maximum atomic E-state index is 12.2. The van der Waals surface area contributed by atoms with Crippen molar-refractivity contribution in [2.24, 2.45) is 17.3 Å².